The van der Waals surface area contributed by atoms with Gasteiger partial charge in [-0.1, -0.05) is 39.0 Å². The summed E-state index contributed by atoms with van der Waals surface area (Å²) in [4.78, 5) is 0. The third-order valence-corrected chi connectivity index (χ3v) is 3.94. The van der Waals surface area contributed by atoms with Gasteiger partial charge in [-0.25, -0.2) is 4.39 Å². The molecule has 1 fully saturated rings. The fourth-order valence-corrected chi connectivity index (χ4v) is 2.71. The van der Waals surface area contributed by atoms with Crippen LogP contribution in [-0.2, 0) is 6.42 Å². The Balaban J connectivity index is 2.06. The fraction of sp³-hybridized carbons (Fsp3) is 0.600. The molecule has 1 aromatic rings. The van der Waals surface area contributed by atoms with Crippen LogP contribution in [0, 0.1) is 17.2 Å². The van der Waals surface area contributed by atoms with Crippen molar-refractivity contribution in [3.05, 3.63) is 35.6 Å². The van der Waals surface area contributed by atoms with E-state index < -0.39 is 0 Å². The van der Waals surface area contributed by atoms with Crippen molar-refractivity contribution in [2.24, 2.45) is 11.3 Å². The van der Waals surface area contributed by atoms with E-state index in [1.54, 1.807) is 12.1 Å². The smallest absolute Gasteiger partial charge is 0.126 e. The second-order valence-electron chi connectivity index (χ2n) is 5.76. The van der Waals surface area contributed by atoms with Gasteiger partial charge in [-0.3, -0.25) is 0 Å². The summed E-state index contributed by atoms with van der Waals surface area (Å²) < 4.78 is 13.6. The average Bonchev–Trinajstić information content (AvgIpc) is 2.90. The third kappa shape index (κ3) is 2.86. The number of hydrogen-bond donors (Lipinski definition) is 1. The molecule has 2 unspecified atom stereocenters. The highest BCUT2D eigenvalue weighted by Gasteiger charge is 2.49. The number of likely N-dealkylation sites (N-methyl/N-ethyl adjacent to an activating group) is 1. The van der Waals surface area contributed by atoms with E-state index in [4.69, 9.17) is 0 Å². The molecule has 2 rings (SSSR count). The Morgan fingerprint density at radius 2 is 2.06 bits per heavy atom. The molecule has 0 aliphatic heterocycles. The second-order valence-corrected chi connectivity index (χ2v) is 5.76. The standard InChI is InChI=1S/C15H22FN/c1-4-17-14(12-10-15(12,2)3)9-11-7-5-6-8-13(11)16/h5-8,12,14,17H,4,9-10H2,1-3H3. The molecule has 1 N–H and O–H groups in total. The Bertz CT molecular complexity index is 386. The van der Waals surface area contributed by atoms with E-state index in [9.17, 15) is 4.39 Å². The van der Waals surface area contributed by atoms with Crippen molar-refractivity contribution in [2.45, 2.75) is 39.7 Å². The van der Waals surface area contributed by atoms with Crippen LogP contribution < -0.4 is 5.32 Å². The summed E-state index contributed by atoms with van der Waals surface area (Å²) in [6, 6.07) is 7.53. The van der Waals surface area contributed by atoms with Crippen LogP contribution in [0.5, 0.6) is 0 Å². The van der Waals surface area contributed by atoms with Crippen LogP contribution in [0.4, 0.5) is 4.39 Å². The first-order valence-corrected chi connectivity index (χ1v) is 6.51. The molecule has 1 aliphatic rings. The van der Waals surface area contributed by atoms with Gasteiger partial charge in [0.15, 0.2) is 0 Å². The van der Waals surface area contributed by atoms with Crippen molar-refractivity contribution >= 4 is 0 Å². The molecule has 0 bridgehead atoms. The van der Waals surface area contributed by atoms with Crippen LogP contribution in [0.3, 0.4) is 0 Å². The van der Waals surface area contributed by atoms with Crippen LogP contribution in [0.15, 0.2) is 24.3 Å². The van der Waals surface area contributed by atoms with Crippen molar-refractivity contribution in [1.29, 1.82) is 0 Å². The first-order chi connectivity index (χ1) is 8.04. The van der Waals surface area contributed by atoms with Crippen LogP contribution in [-0.4, -0.2) is 12.6 Å². The van der Waals surface area contributed by atoms with Gasteiger partial charge in [-0.2, -0.15) is 0 Å². The van der Waals surface area contributed by atoms with E-state index in [1.165, 1.54) is 6.42 Å². The van der Waals surface area contributed by atoms with Gasteiger partial charge in [0, 0.05) is 6.04 Å². The maximum absolute atomic E-state index is 13.6. The quantitative estimate of drug-likeness (QED) is 0.825. The zero-order valence-electron chi connectivity index (χ0n) is 11.0. The van der Waals surface area contributed by atoms with E-state index in [-0.39, 0.29) is 5.82 Å². The lowest BCUT2D eigenvalue weighted by molar-refractivity contribution is 0.405. The summed E-state index contributed by atoms with van der Waals surface area (Å²) >= 11 is 0. The molecule has 0 aromatic heterocycles. The monoisotopic (exact) mass is 235 g/mol. The van der Waals surface area contributed by atoms with Crippen molar-refractivity contribution in [2.75, 3.05) is 6.54 Å². The summed E-state index contributed by atoms with van der Waals surface area (Å²) in [6.07, 6.45) is 2.05. The van der Waals surface area contributed by atoms with E-state index in [2.05, 4.69) is 26.1 Å². The first-order valence-electron chi connectivity index (χ1n) is 6.51. The predicted molar refractivity (Wildman–Crippen MR) is 69.5 cm³/mol. The Kier molecular flexibility index (Phi) is 3.53. The molecule has 1 saturated carbocycles. The predicted octanol–water partition coefficient (Wildman–Crippen LogP) is 3.39. The molecule has 0 radical (unpaired) electrons. The summed E-state index contributed by atoms with van der Waals surface area (Å²) in [7, 11) is 0. The van der Waals surface area contributed by atoms with Gasteiger partial charge in [-0.05, 0) is 42.3 Å². The fourth-order valence-electron chi connectivity index (χ4n) is 2.71. The SMILES string of the molecule is CCNC(Cc1ccccc1F)C1CC1(C)C. The summed E-state index contributed by atoms with van der Waals surface area (Å²) in [5, 5.41) is 3.51. The first kappa shape index (κ1) is 12.6. The molecular weight excluding hydrogens is 213 g/mol. The zero-order valence-corrected chi connectivity index (χ0v) is 11.0. The molecule has 0 heterocycles. The highest BCUT2D eigenvalue weighted by Crippen LogP contribution is 2.54. The zero-order chi connectivity index (χ0) is 12.5. The topological polar surface area (TPSA) is 12.0 Å². The van der Waals surface area contributed by atoms with Crippen molar-refractivity contribution in [3.8, 4) is 0 Å². The summed E-state index contributed by atoms with van der Waals surface area (Å²) in [5.74, 6) is 0.607. The lowest BCUT2D eigenvalue weighted by Gasteiger charge is -2.20. The van der Waals surface area contributed by atoms with Gasteiger partial charge in [0.1, 0.15) is 5.82 Å². The van der Waals surface area contributed by atoms with E-state index in [0.717, 1.165) is 18.5 Å². The highest BCUT2D eigenvalue weighted by molar-refractivity contribution is 5.20. The molecule has 2 heteroatoms. The largest absolute Gasteiger partial charge is 0.314 e. The third-order valence-electron chi connectivity index (χ3n) is 3.94. The van der Waals surface area contributed by atoms with E-state index >= 15 is 0 Å². The van der Waals surface area contributed by atoms with E-state index in [0.29, 0.717) is 17.4 Å². The number of rotatable bonds is 5. The van der Waals surface area contributed by atoms with Gasteiger partial charge in [0.2, 0.25) is 0 Å². The highest BCUT2D eigenvalue weighted by atomic mass is 19.1. The molecular formula is C15H22FN. The molecule has 0 spiro atoms. The Morgan fingerprint density at radius 1 is 1.41 bits per heavy atom. The minimum Gasteiger partial charge on any atom is -0.314 e. The van der Waals surface area contributed by atoms with Crippen molar-refractivity contribution < 1.29 is 4.39 Å². The average molecular weight is 235 g/mol. The molecule has 1 aromatic carbocycles. The van der Waals surface area contributed by atoms with Crippen molar-refractivity contribution in [3.63, 3.8) is 0 Å². The maximum atomic E-state index is 13.6. The number of halogens is 1. The Hall–Kier alpha value is -0.890. The van der Waals surface area contributed by atoms with Crippen LogP contribution in [0.1, 0.15) is 32.8 Å². The number of benzene rings is 1. The molecule has 0 saturated heterocycles. The van der Waals surface area contributed by atoms with Gasteiger partial charge in [0.05, 0.1) is 0 Å². The summed E-state index contributed by atoms with van der Waals surface area (Å²) in [5.41, 5.74) is 1.26. The molecule has 1 nitrogen and oxygen atoms in total. The summed E-state index contributed by atoms with van der Waals surface area (Å²) in [6.45, 7) is 7.65. The van der Waals surface area contributed by atoms with Gasteiger partial charge < -0.3 is 5.32 Å². The van der Waals surface area contributed by atoms with Crippen LogP contribution >= 0.6 is 0 Å². The van der Waals surface area contributed by atoms with Gasteiger partial charge in [-0.15, -0.1) is 0 Å². The van der Waals surface area contributed by atoms with Gasteiger partial charge >= 0.3 is 0 Å². The molecule has 2 atom stereocenters. The maximum Gasteiger partial charge on any atom is 0.126 e. The Labute approximate surface area is 103 Å². The van der Waals surface area contributed by atoms with Gasteiger partial charge in [0.25, 0.3) is 0 Å². The number of hydrogen-bond acceptors (Lipinski definition) is 1. The lowest BCUT2D eigenvalue weighted by atomic mass is 9.97. The van der Waals surface area contributed by atoms with E-state index in [1.807, 2.05) is 12.1 Å². The Morgan fingerprint density at radius 3 is 2.59 bits per heavy atom. The van der Waals surface area contributed by atoms with Crippen LogP contribution in [0.2, 0.25) is 0 Å². The minimum atomic E-state index is -0.0751. The number of nitrogens with one attached hydrogen (secondary N) is 1. The van der Waals surface area contributed by atoms with Crippen LogP contribution in [0.25, 0.3) is 0 Å². The second kappa shape index (κ2) is 4.77. The molecule has 17 heavy (non-hydrogen) atoms. The molecule has 1 aliphatic carbocycles. The van der Waals surface area contributed by atoms with Crippen molar-refractivity contribution in [1.82, 2.24) is 5.32 Å². The molecule has 0 amide bonds. The molecule has 94 valence electrons. The normalized spacial score (nSPS) is 23.4. The minimum absolute atomic E-state index is 0.0751. The lowest BCUT2D eigenvalue weighted by Crippen LogP contribution is -2.34.